The Morgan fingerprint density at radius 3 is 2.76 bits per heavy atom. The van der Waals surface area contributed by atoms with Crippen LogP contribution in [0.2, 0.25) is 0 Å². The second-order valence-corrected chi connectivity index (χ2v) is 7.83. The number of hydrogen-bond donors (Lipinski definition) is 2. The van der Waals surface area contributed by atoms with E-state index >= 15 is 0 Å². The van der Waals surface area contributed by atoms with Crippen molar-refractivity contribution in [1.29, 1.82) is 0 Å². The van der Waals surface area contributed by atoms with Crippen molar-refractivity contribution in [1.82, 2.24) is 10.2 Å². The van der Waals surface area contributed by atoms with Crippen molar-refractivity contribution < 1.29 is 28.2 Å². The van der Waals surface area contributed by atoms with E-state index in [1.807, 2.05) is 6.92 Å². The molecule has 3 rings (SSSR count). The molecule has 2 aromatic rings. The number of anilines is 1. The van der Waals surface area contributed by atoms with Crippen LogP contribution >= 0.6 is 22.6 Å². The molecule has 1 saturated heterocycles. The number of imide groups is 1. The molecular formula is C23H19FIN3O5. The summed E-state index contributed by atoms with van der Waals surface area (Å²) < 4.78 is 25.6. The van der Waals surface area contributed by atoms with Gasteiger partial charge in [-0.05, 0) is 65.4 Å². The minimum absolute atomic E-state index is 0.0192. The first-order chi connectivity index (χ1) is 15.8. The number of para-hydroxylation sites is 1. The van der Waals surface area contributed by atoms with Gasteiger partial charge >= 0.3 is 6.03 Å². The molecule has 4 amide bonds. The number of amides is 4. The molecule has 0 aliphatic carbocycles. The molecule has 33 heavy (non-hydrogen) atoms. The summed E-state index contributed by atoms with van der Waals surface area (Å²) in [5, 5.41) is 4.79. The third-order valence-electron chi connectivity index (χ3n) is 4.35. The minimum Gasteiger partial charge on any atom is -0.490 e. The number of halogens is 2. The maximum atomic E-state index is 13.7. The SMILES string of the molecule is C#CCOc1c(I)cc(/C=C2/NC(=O)N(CC(=O)Nc3ccccc3F)C2=O)cc1OCC. The van der Waals surface area contributed by atoms with Crippen LogP contribution in [0.5, 0.6) is 11.5 Å². The molecule has 0 radical (unpaired) electrons. The fourth-order valence-electron chi connectivity index (χ4n) is 2.97. The van der Waals surface area contributed by atoms with Gasteiger partial charge in [-0.15, -0.1) is 6.42 Å². The van der Waals surface area contributed by atoms with Crippen molar-refractivity contribution in [2.45, 2.75) is 6.92 Å². The van der Waals surface area contributed by atoms with Gasteiger partial charge in [0.25, 0.3) is 5.91 Å². The summed E-state index contributed by atoms with van der Waals surface area (Å²) in [7, 11) is 0. The number of benzene rings is 2. The second kappa shape index (κ2) is 10.8. The summed E-state index contributed by atoms with van der Waals surface area (Å²) >= 11 is 2.05. The zero-order chi connectivity index (χ0) is 24.0. The third-order valence-corrected chi connectivity index (χ3v) is 5.16. The predicted molar refractivity (Wildman–Crippen MR) is 128 cm³/mol. The van der Waals surface area contributed by atoms with Crippen LogP contribution in [0.15, 0.2) is 42.1 Å². The first kappa shape index (κ1) is 24.1. The molecule has 0 aromatic heterocycles. The molecule has 1 fully saturated rings. The Hall–Kier alpha value is -3.59. The van der Waals surface area contributed by atoms with E-state index in [0.29, 0.717) is 27.2 Å². The molecule has 2 aromatic carbocycles. The van der Waals surface area contributed by atoms with Crippen LogP contribution in [0.4, 0.5) is 14.9 Å². The number of ether oxygens (including phenoxy) is 2. The van der Waals surface area contributed by atoms with Crippen LogP contribution in [0, 0.1) is 21.7 Å². The largest absolute Gasteiger partial charge is 0.490 e. The fraction of sp³-hybridized carbons (Fsp3) is 0.174. The molecule has 170 valence electrons. The van der Waals surface area contributed by atoms with E-state index in [-0.39, 0.29) is 18.0 Å². The lowest BCUT2D eigenvalue weighted by Crippen LogP contribution is -2.38. The maximum absolute atomic E-state index is 13.7. The molecule has 0 spiro atoms. The summed E-state index contributed by atoms with van der Waals surface area (Å²) in [6.07, 6.45) is 6.72. The Labute approximate surface area is 203 Å². The Morgan fingerprint density at radius 2 is 2.06 bits per heavy atom. The van der Waals surface area contributed by atoms with Crippen LogP contribution in [0.1, 0.15) is 12.5 Å². The van der Waals surface area contributed by atoms with Crippen LogP contribution in [0.3, 0.4) is 0 Å². The first-order valence-corrected chi connectivity index (χ1v) is 10.8. The molecule has 1 aliphatic heterocycles. The van der Waals surface area contributed by atoms with Crippen LogP contribution in [-0.2, 0) is 9.59 Å². The van der Waals surface area contributed by atoms with Gasteiger partial charge in [0.1, 0.15) is 24.7 Å². The lowest BCUT2D eigenvalue weighted by molar-refractivity contribution is -0.127. The number of carbonyl (C=O) groups excluding carboxylic acids is 3. The number of urea groups is 1. The molecule has 8 nitrogen and oxygen atoms in total. The highest BCUT2D eigenvalue weighted by atomic mass is 127. The van der Waals surface area contributed by atoms with Gasteiger partial charge in [0.2, 0.25) is 5.91 Å². The number of hydrogen-bond acceptors (Lipinski definition) is 5. The first-order valence-electron chi connectivity index (χ1n) is 9.75. The van der Waals surface area contributed by atoms with Gasteiger partial charge in [-0.25, -0.2) is 14.1 Å². The molecule has 10 heteroatoms. The fourth-order valence-corrected chi connectivity index (χ4v) is 3.75. The smallest absolute Gasteiger partial charge is 0.329 e. The standard InChI is InChI=1S/C23H19FIN3O5/c1-3-9-33-21-16(25)10-14(12-19(21)32-4-2)11-18-22(30)28(23(31)27-18)13-20(29)26-17-8-6-5-7-15(17)24/h1,5-8,10-12H,4,9,13H2,2H3,(H,26,29)(H,27,31)/b18-11+. The highest BCUT2D eigenvalue weighted by Crippen LogP contribution is 2.35. The lowest BCUT2D eigenvalue weighted by Gasteiger charge is -2.13. The lowest BCUT2D eigenvalue weighted by atomic mass is 10.1. The summed E-state index contributed by atoms with van der Waals surface area (Å²) in [6, 6.07) is 8.21. The number of nitrogens with one attached hydrogen (secondary N) is 2. The molecule has 1 heterocycles. The molecule has 0 bridgehead atoms. The highest BCUT2D eigenvalue weighted by Gasteiger charge is 2.35. The van der Waals surface area contributed by atoms with E-state index in [0.717, 1.165) is 4.90 Å². The molecule has 0 unspecified atom stereocenters. The Kier molecular flexibility index (Phi) is 7.89. The third kappa shape index (κ3) is 5.81. The average Bonchev–Trinajstić information content (AvgIpc) is 3.02. The van der Waals surface area contributed by atoms with E-state index in [9.17, 15) is 18.8 Å². The average molecular weight is 563 g/mol. The summed E-state index contributed by atoms with van der Waals surface area (Å²) in [5.41, 5.74) is 0.502. The molecule has 1 aliphatic rings. The normalized spacial score (nSPS) is 14.1. The van der Waals surface area contributed by atoms with E-state index in [4.69, 9.17) is 15.9 Å². The van der Waals surface area contributed by atoms with Gasteiger partial charge in [-0.1, -0.05) is 18.1 Å². The summed E-state index contributed by atoms with van der Waals surface area (Å²) in [5.74, 6) is 1.27. The zero-order valence-corrected chi connectivity index (χ0v) is 19.6. The summed E-state index contributed by atoms with van der Waals surface area (Å²) in [6.45, 7) is 1.68. The molecule has 0 atom stereocenters. The summed E-state index contributed by atoms with van der Waals surface area (Å²) in [4.78, 5) is 38.0. The topological polar surface area (TPSA) is 97.0 Å². The van der Waals surface area contributed by atoms with E-state index in [1.165, 1.54) is 24.3 Å². The molecule has 2 N–H and O–H groups in total. The van der Waals surface area contributed by atoms with Crippen molar-refractivity contribution in [2.24, 2.45) is 0 Å². The van der Waals surface area contributed by atoms with Crippen molar-refractivity contribution >= 4 is 52.2 Å². The van der Waals surface area contributed by atoms with Gasteiger partial charge in [-0.3, -0.25) is 9.59 Å². The quantitative estimate of drug-likeness (QED) is 0.222. The van der Waals surface area contributed by atoms with Gasteiger partial charge in [0.05, 0.1) is 15.9 Å². The Bertz CT molecular complexity index is 1180. The van der Waals surface area contributed by atoms with E-state index in [2.05, 4.69) is 39.1 Å². The molecular weight excluding hydrogens is 544 g/mol. The van der Waals surface area contributed by atoms with Crippen LogP contribution in [-0.4, -0.2) is 42.5 Å². The highest BCUT2D eigenvalue weighted by molar-refractivity contribution is 14.1. The van der Waals surface area contributed by atoms with Gasteiger partial charge < -0.3 is 20.1 Å². The van der Waals surface area contributed by atoms with Crippen LogP contribution in [0.25, 0.3) is 6.08 Å². The van der Waals surface area contributed by atoms with Crippen molar-refractivity contribution in [2.75, 3.05) is 25.1 Å². The monoisotopic (exact) mass is 563 g/mol. The van der Waals surface area contributed by atoms with Gasteiger partial charge in [-0.2, -0.15) is 0 Å². The van der Waals surface area contributed by atoms with Crippen molar-refractivity contribution in [3.63, 3.8) is 0 Å². The van der Waals surface area contributed by atoms with Gasteiger partial charge in [0.15, 0.2) is 11.5 Å². The minimum atomic E-state index is -0.761. The predicted octanol–water partition coefficient (Wildman–Crippen LogP) is 3.37. The number of terminal acetylenes is 1. The Morgan fingerprint density at radius 1 is 1.30 bits per heavy atom. The van der Waals surface area contributed by atoms with E-state index < -0.39 is 30.2 Å². The maximum Gasteiger partial charge on any atom is 0.329 e. The zero-order valence-electron chi connectivity index (χ0n) is 17.5. The number of rotatable bonds is 8. The second-order valence-electron chi connectivity index (χ2n) is 6.66. The number of carbonyl (C=O) groups is 3. The molecule has 0 saturated carbocycles. The van der Waals surface area contributed by atoms with Crippen molar-refractivity contribution in [3.8, 4) is 23.8 Å². The van der Waals surface area contributed by atoms with Crippen molar-refractivity contribution in [3.05, 3.63) is 57.0 Å². The van der Waals surface area contributed by atoms with Gasteiger partial charge in [0, 0.05) is 0 Å². The van der Waals surface area contributed by atoms with E-state index in [1.54, 1.807) is 18.2 Å². The number of nitrogens with zero attached hydrogens (tertiary/aromatic N) is 1. The Balaban J connectivity index is 1.78. The van der Waals surface area contributed by atoms with Crippen LogP contribution < -0.4 is 20.1 Å².